The lowest BCUT2D eigenvalue weighted by molar-refractivity contribution is 0.382. The number of hydrogen-bond acceptors (Lipinski definition) is 4. The lowest BCUT2D eigenvalue weighted by Gasteiger charge is -2.21. The van der Waals surface area contributed by atoms with Crippen LogP contribution in [-0.4, -0.2) is 5.11 Å². The molecule has 0 radical (unpaired) electrons. The number of aromatic hydroxyl groups is 1. The molecular formula is C28H30O3S. The molecule has 166 valence electrons. The largest absolute Gasteiger partial charge is 0.507 e. The van der Waals surface area contributed by atoms with Crippen molar-refractivity contribution in [3.05, 3.63) is 93.0 Å². The first-order chi connectivity index (χ1) is 15.7. The molecule has 1 N–H and O–H groups in total. The number of rotatable bonds is 6. The zero-order chi connectivity index (χ0) is 21.9. The first kappa shape index (κ1) is 21.4. The molecule has 2 aliphatic rings. The van der Waals surface area contributed by atoms with Gasteiger partial charge in [0.2, 0.25) is 0 Å². The highest BCUT2D eigenvalue weighted by Crippen LogP contribution is 2.48. The van der Waals surface area contributed by atoms with Crippen molar-refractivity contribution in [1.29, 1.82) is 0 Å². The van der Waals surface area contributed by atoms with Crippen LogP contribution in [0.15, 0.2) is 68.7 Å². The van der Waals surface area contributed by atoms with E-state index >= 15 is 0 Å². The van der Waals surface area contributed by atoms with Gasteiger partial charge >= 0.3 is 5.63 Å². The third-order valence-electron chi connectivity index (χ3n) is 6.76. The van der Waals surface area contributed by atoms with Crippen LogP contribution >= 0.6 is 11.8 Å². The molecule has 2 aliphatic carbocycles. The highest BCUT2D eigenvalue weighted by atomic mass is 32.2. The van der Waals surface area contributed by atoms with Crippen molar-refractivity contribution in [2.75, 3.05) is 0 Å². The Morgan fingerprint density at radius 1 is 0.969 bits per heavy atom. The zero-order valence-corrected chi connectivity index (χ0v) is 19.2. The van der Waals surface area contributed by atoms with Gasteiger partial charge in [-0.3, -0.25) is 0 Å². The minimum absolute atomic E-state index is 0.0938. The second-order valence-corrected chi connectivity index (χ2v) is 10.2. The summed E-state index contributed by atoms with van der Waals surface area (Å²) < 4.78 is 5.84. The average Bonchev–Trinajstić information content (AvgIpc) is 3.62. The van der Waals surface area contributed by atoms with E-state index in [0.717, 1.165) is 61.8 Å². The summed E-state index contributed by atoms with van der Waals surface area (Å²) in [5.74, 6) is 2.09. The Morgan fingerprint density at radius 2 is 1.75 bits per heavy atom. The van der Waals surface area contributed by atoms with E-state index in [9.17, 15) is 9.90 Å². The number of benzene rings is 2. The minimum atomic E-state index is -0.345. The molecule has 2 aromatic carbocycles. The molecule has 1 heterocycles. The van der Waals surface area contributed by atoms with Gasteiger partial charge in [-0.25, -0.2) is 4.79 Å². The Hall–Kier alpha value is -2.46. The number of fused-ring (bicyclic) bond motifs is 1. The number of thioether (sulfide) groups is 1. The molecule has 0 bridgehead atoms. The van der Waals surface area contributed by atoms with Crippen molar-refractivity contribution in [3.8, 4) is 5.75 Å². The van der Waals surface area contributed by atoms with E-state index in [4.69, 9.17) is 4.42 Å². The first-order valence-electron chi connectivity index (χ1n) is 11.8. The summed E-state index contributed by atoms with van der Waals surface area (Å²) >= 11 is 1.81. The predicted octanol–water partition coefficient (Wildman–Crippen LogP) is 6.84. The second kappa shape index (κ2) is 9.58. The van der Waals surface area contributed by atoms with E-state index in [2.05, 4.69) is 48.5 Å². The van der Waals surface area contributed by atoms with Crippen LogP contribution in [0.3, 0.4) is 0 Å². The van der Waals surface area contributed by atoms with Crippen molar-refractivity contribution in [2.45, 2.75) is 67.9 Å². The summed E-state index contributed by atoms with van der Waals surface area (Å²) in [6, 6.07) is 19.0. The molecule has 0 saturated heterocycles. The molecule has 3 nitrogen and oxygen atoms in total. The fraction of sp³-hybridized carbons (Fsp3) is 0.393. The van der Waals surface area contributed by atoms with E-state index in [0.29, 0.717) is 17.2 Å². The SMILES string of the molecule is O=c1oc2c(c(O)c1C(c1cccc(CSc3ccccc3)c1)C1CC1)CCCCCC2. The third-order valence-corrected chi connectivity index (χ3v) is 7.84. The van der Waals surface area contributed by atoms with Crippen LogP contribution in [0.5, 0.6) is 5.75 Å². The van der Waals surface area contributed by atoms with Crippen LogP contribution in [-0.2, 0) is 18.6 Å². The van der Waals surface area contributed by atoms with Crippen LogP contribution in [0.4, 0.5) is 0 Å². The first-order valence-corrected chi connectivity index (χ1v) is 12.8. The average molecular weight is 447 g/mol. The molecule has 1 atom stereocenters. The van der Waals surface area contributed by atoms with Gasteiger partial charge in [0.25, 0.3) is 0 Å². The Kier molecular flexibility index (Phi) is 6.40. The van der Waals surface area contributed by atoms with Gasteiger partial charge in [0.05, 0.1) is 5.56 Å². The molecule has 1 saturated carbocycles. The maximum atomic E-state index is 13.1. The molecule has 5 rings (SSSR count). The van der Waals surface area contributed by atoms with Gasteiger partial charge in [0, 0.05) is 28.6 Å². The summed E-state index contributed by atoms with van der Waals surface area (Å²) in [6.07, 6.45) is 8.09. The molecular weight excluding hydrogens is 416 g/mol. The summed E-state index contributed by atoms with van der Waals surface area (Å²) in [5, 5.41) is 11.3. The van der Waals surface area contributed by atoms with E-state index in [1.807, 2.05) is 17.8 Å². The van der Waals surface area contributed by atoms with Crippen molar-refractivity contribution in [1.82, 2.24) is 0 Å². The van der Waals surface area contributed by atoms with E-state index in [1.165, 1.54) is 16.9 Å². The number of aryl methyl sites for hydroxylation is 1. The summed E-state index contributed by atoms with van der Waals surface area (Å²) in [6.45, 7) is 0. The molecule has 0 spiro atoms. The maximum Gasteiger partial charge on any atom is 0.343 e. The van der Waals surface area contributed by atoms with Gasteiger partial charge in [-0.2, -0.15) is 0 Å². The van der Waals surface area contributed by atoms with Crippen LogP contribution < -0.4 is 5.63 Å². The molecule has 0 aliphatic heterocycles. The summed E-state index contributed by atoms with van der Waals surface area (Å²) in [7, 11) is 0. The Labute approximate surface area is 193 Å². The molecule has 1 aromatic heterocycles. The fourth-order valence-electron chi connectivity index (χ4n) is 4.96. The topological polar surface area (TPSA) is 50.4 Å². The lowest BCUT2D eigenvalue weighted by atomic mass is 9.85. The Balaban J connectivity index is 1.48. The molecule has 4 heteroatoms. The van der Waals surface area contributed by atoms with Gasteiger partial charge < -0.3 is 9.52 Å². The van der Waals surface area contributed by atoms with E-state index in [-0.39, 0.29) is 17.3 Å². The third kappa shape index (κ3) is 4.66. The smallest absolute Gasteiger partial charge is 0.343 e. The quantitative estimate of drug-likeness (QED) is 0.421. The molecule has 0 amide bonds. The highest BCUT2D eigenvalue weighted by molar-refractivity contribution is 7.98. The van der Waals surface area contributed by atoms with Crippen molar-refractivity contribution in [3.63, 3.8) is 0 Å². The molecule has 1 unspecified atom stereocenters. The predicted molar refractivity (Wildman–Crippen MR) is 130 cm³/mol. The Bertz CT molecular complexity index is 1130. The van der Waals surface area contributed by atoms with Crippen LogP contribution in [0.1, 0.15) is 72.5 Å². The summed E-state index contributed by atoms with van der Waals surface area (Å²) in [4.78, 5) is 14.4. The molecule has 3 aromatic rings. The van der Waals surface area contributed by atoms with Crippen molar-refractivity contribution in [2.24, 2.45) is 5.92 Å². The van der Waals surface area contributed by atoms with Crippen molar-refractivity contribution < 1.29 is 9.52 Å². The van der Waals surface area contributed by atoms with E-state index in [1.54, 1.807) is 0 Å². The summed E-state index contributed by atoms with van der Waals surface area (Å²) in [5.41, 5.74) is 3.37. The van der Waals surface area contributed by atoms with Crippen LogP contribution in [0, 0.1) is 5.92 Å². The number of hydrogen-bond donors (Lipinski definition) is 1. The monoisotopic (exact) mass is 446 g/mol. The van der Waals surface area contributed by atoms with Gasteiger partial charge in [-0.05, 0) is 61.3 Å². The highest BCUT2D eigenvalue weighted by Gasteiger charge is 2.38. The molecule has 32 heavy (non-hydrogen) atoms. The van der Waals surface area contributed by atoms with Crippen LogP contribution in [0.2, 0.25) is 0 Å². The Morgan fingerprint density at radius 3 is 2.53 bits per heavy atom. The van der Waals surface area contributed by atoms with Crippen LogP contribution in [0.25, 0.3) is 0 Å². The maximum absolute atomic E-state index is 13.1. The van der Waals surface area contributed by atoms with Crippen molar-refractivity contribution >= 4 is 11.8 Å². The minimum Gasteiger partial charge on any atom is -0.507 e. The van der Waals surface area contributed by atoms with E-state index < -0.39 is 0 Å². The molecule has 1 fully saturated rings. The van der Waals surface area contributed by atoms with Gasteiger partial charge in [0.15, 0.2) is 0 Å². The van der Waals surface area contributed by atoms with Gasteiger partial charge in [0.1, 0.15) is 11.5 Å². The van der Waals surface area contributed by atoms with Gasteiger partial charge in [-0.1, -0.05) is 55.3 Å². The standard InChI is InChI=1S/C28H30O3S/c29-27-23-13-6-1-2-7-14-24(23)31-28(30)26(27)25(20-15-16-20)21-10-8-9-19(17-21)18-32-22-11-4-3-5-12-22/h3-5,8-12,17,20,25,29H,1-2,6-7,13-16,18H2. The van der Waals surface area contributed by atoms with Gasteiger partial charge in [-0.15, -0.1) is 11.8 Å². The normalized spacial score (nSPS) is 17.2. The zero-order valence-electron chi connectivity index (χ0n) is 18.4. The second-order valence-electron chi connectivity index (χ2n) is 9.13. The lowest BCUT2D eigenvalue weighted by Crippen LogP contribution is -2.19. The fourth-order valence-corrected chi connectivity index (χ4v) is 5.82.